The van der Waals surface area contributed by atoms with Gasteiger partial charge < -0.3 is 23.8 Å². The quantitative estimate of drug-likeness (QED) is 0.0987. The Labute approximate surface area is 240 Å². The first-order valence-corrected chi connectivity index (χ1v) is 14.1. The third kappa shape index (κ3) is 10.4. The Morgan fingerprint density at radius 2 is 1.36 bits per heavy atom. The molecule has 1 aliphatic rings. The molecule has 12 heteroatoms. The number of hydroxylamine groups is 2. The highest BCUT2D eigenvalue weighted by molar-refractivity contribution is 6.18. The van der Waals surface area contributed by atoms with Gasteiger partial charge in [-0.15, -0.1) is 23.2 Å². The molecule has 0 saturated carbocycles. The number of alkyl halides is 2. The summed E-state index contributed by atoms with van der Waals surface area (Å²) in [6.45, 7) is 7.34. The minimum atomic E-state index is -1.08. The molecule has 2 rings (SSSR count). The van der Waals surface area contributed by atoms with Crippen molar-refractivity contribution in [2.24, 2.45) is 0 Å². The first kappa shape index (κ1) is 33.1. The molecule has 1 saturated heterocycles. The van der Waals surface area contributed by atoms with Crippen molar-refractivity contribution in [3.8, 4) is 0 Å². The van der Waals surface area contributed by atoms with E-state index in [0.29, 0.717) is 18.3 Å². The van der Waals surface area contributed by atoms with Gasteiger partial charge in [-0.2, -0.15) is 5.06 Å². The predicted octanol–water partition coefficient (Wildman–Crippen LogP) is 3.70. The third-order valence-electron chi connectivity index (χ3n) is 6.27. The summed E-state index contributed by atoms with van der Waals surface area (Å²) >= 11 is 11.8. The van der Waals surface area contributed by atoms with Crippen LogP contribution in [0.5, 0.6) is 0 Å². The second kappa shape index (κ2) is 16.9. The zero-order valence-corrected chi connectivity index (χ0v) is 24.8. The number of anilines is 1. The number of halogens is 2. The fourth-order valence-electron chi connectivity index (χ4n) is 4.59. The molecule has 1 aliphatic heterocycles. The van der Waals surface area contributed by atoms with E-state index in [0.717, 1.165) is 38.0 Å². The number of aryl methyl sites for hydroxylation is 1. The van der Waals surface area contributed by atoms with Gasteiger partial charge in [-0.05, 0) is 43.9 Å². The maximum absolute atomic E-state index is 12.0. The van der Waals surface area contributed by atoms with E-state index >= 15 is 0 Å². The van der Waals surface area contributed by atoms with Crippen molar-refractivity contribution in [2.75, 3.05) is 43.4 Å². The Morgan fingerprint density at radius 3 is 1.87 bits per heavy atom. The lowest BCUT2D eigenvalue weighted by molar-refractivity contribution is -0.326. The summed E-state index contributed by atoms with van der Waals surface area (Å²) < 4.78 is 22.5. The molecule has 0 amide bonds. The molecule has 10 nitrogen and oxygen atoms in total. The number of ether oxygens (including phenoxy) is 4. The summed E-state index contributed by atoms with van der Waals surface area (Å²) in [5.74, 6) is -0.719. The van der Waals surface area contributed by atoms with E-state index < -0.39 is 48.6 Å². The van der Waals surface area contributed by atoms with Gasteiger partial charge in [0.2, 0.25) is 0 Å². The van der Waals surface area contributed by atoms with Crippen LogP contribution < -0.4 is 4.90 Å². The van der Waals surface area contributed by atoms with Crippen LogP contribution in [0.4, 0.5) is 5.69 Å². The number of benzene rings is 1. The van der Waals surface area contributed by atoms with Crippen LogP contribution in [-0.4, -0.2) is 92.1 Å². The summed E-state index contributed by atoms with van der Waals surface area (Å²) in [4.78, 5) is 43.3. The van der Waals surface area contributed by atoms with Gasteiger partial charge in [0.15, 0.2) is 24.5 Å². The second-order valence-electron chi connectivity index (χ2n) is 9.27. The van der Waals surface area contributed by atoms with E-state index in [1.165, 1.54) is 33.4 Å². The first-order valence-electron chi connectivity index (χ1n) is 13.0. The first-order chi connectivity index (χ1) is 18.6. The van der Waals surface area contributed by atoms with Crippen LogP contribution in [0, 0.1) is 0 Å². The average Bonchev–Trinajstić information content (AvgIpc) is 2.87. The van der Waals surface area contributed by atoms with Gasteiger partial charge in [0.1, 0.15) is 0 Å². The topological polar surface area (TPSA) is 104 Å². The Balaban J connectivity index is 2.06. The smallest absolute Gasteiger partial charge is 0.303 e. The Morgan fingerprint density at radius 1 is 0.821 bits per heavy atom. The summed E-state index contributed by atoms with van der Waals surface area (Å²) in [6.07, 6.45) is -2.21. The normalized spacial score (nSPS) is 22.8. The molecule has 1 heterocycles. The molecule has 0 aliphatic carbocycles. The lowest BCUT2D eigenvalue weighted by Gasteiger charge is -2.46. The van der Waals surface area contributed by atoms with Crippen LogP contribution in [0.25, 0.3) is 0 Å². The standard InChI is InChI=1S/C27H40Cl2N2O8/c1-18-24(37-19(2)32)25(38-20(3)33)26(39-21(4)34)27(36-18)31(35-5)15-7-6-8-22-9-11-23(12-10-22)30(16-13-28)17-14-29/h9-12,18,24-27H,6-8,13-17H2,1-5H3/t18-,24-,25+,26+,27?/m0/s1. The highest BCUT2D eigenvalue weighted by Crippen LogP contribution is 2.31. The van der Waals surface area contributed by atoms with Crippen molar-refractivity contribution < 1.29 is 38.2 Å². The number of carbonyl (C=O) groups is 3. The Hall–Kier alpha value is -2.11. The van der Waals surface area contributed by atoms with Gasteiger partial charge in [0.05, 0.1) is 13.2 Å². The molecule has 1 unspecified atom stereocenters. The fraction of sp³-hybridized carbons (Fsp3) is 0.667. The van der Waals surface area contributed by atoms with Gasteiger partial charge in [-0.25, -0.2) is 0 Å². The van der Waals surface area contributed by atoms with Crippen LogP contribution in [0.15, 0.2) is 24.3 Å². The lowest BCUT2D eigenvalue weighted by atomic mass is 9.97. The van der Waals surface area contributed by atoms with E-state index in [1.54, 1.807) is 12.0 Å². The van der Waals surface area contributed by atoms with E-state index in [4.69, 9.17) is 47.0 Å². The van der Waals surface area contributed by atoms with E-state index in [1.807, 2.05) is 0 Å². The summed E-state index contributed by atoms with van der Waals surface area (Å²) in [6, 6.07) is 8.35. The summed E-state index contributed by atoms with van der Waals surface area (Å²) in [5, 5.41) is 1.56. The molecule has 0 N–H and O–H groups in total. The summed E-state index contributed by atoms with van der Waals surface area (Å²) in [5.41, 5.74) is 2.28. The molecule has 220 valence electrons. The largest absolute Gasteiger partial charge is 0.456 e. The zero-order valence-electron chi connectivity index (χ0n) is 23.3. The third-order valence-corrected chi connectivity index (χ3v) is 6.61. The maximum Gasteiger partial charge on any atom is 0.303 e. The molecule has 1 fully saturated rings. The Kier molecular flexibility index (Phi) is 14.3. The average molecular weight is 592 g/mol. The number of carbonyl (C=O) groups excluding carboxylic acids is 3. The highest BCUT2D eigenvalue weighted by atomic mass is 35.5. The number of esters is 3. The van der Waals surface area contributed by atoms with Crippen LogP contribution in [0.1, 0.15) is 46.1 Å². The molecule has 5 atom stereocenters. The molecule has 39 heavy (non-hydrogen) atoms. The van der Waals surface area contributed by atoms with Crippen molar-refractivity contribution in [3.05, 3.63) is 29.8 Å². The van der Waals surface area contributed by atoms with E-state index in [9.17, 15) is 14.4 Å². The van der Waals surface area contributed by atoms with Crippen molar-refractivity contribution in [3.63, 3.8) is 0 Å². The SMILES string of the molecule is CON(CCCCc1ccc(N(CCCl)CCCl)cc1)C1O[C@@H](C)[C@H](OC(C)=O)[C@@H](OC(C)=O)[C@H]1OC(C)=O. The molecular formula is C27H40Cl2N2O8. The molecule has 0 bridgehead atoms. The van der Waals surface area contributed by atoms with Gasteiger partial charge in [0.25, 0.3) is 0 Å². The van der Waals surface area contributed by atoms with Gasteiger partial charge >= 0.3 is 17.9 Å². The molecular weight excluding hydrogens is 551 g/mol. The molecule has 0 spiro atoms. The van der Waals surface area contributed by atoms with Crippen LogP contribution >= 0.6 is 23.2 Å². The van der Waals surface area contributed by atoms with Crippen molar-refractivity contribution >= 4 is 46.8 Å². The maximum atomic E-state index is 12.0. The number of hydrogen-bond donors (Lipinski definition) is 0. The van der Waals surface area contributed by atoms with Gasteiger partial charge in [-0.1, -0.05) is 12.1 Å². The molecule has 0 radical (unpaired) electrons. The lowest BCUT2D eigenvalue weighted by Crippen LogP contribution is -2.64. The van der Waals surface area contributed by atoms with Crippen molar-refractivity contribution in [1.82, 2.24) is 5.06 Å². The van der Waals surface area contributed by atoms with Crippen molar-refractivity contribution in [2.45, 2.75) is 77.6 Å². The second-order valence-corrected chi connectivity index (χ2v) is 10.0. The minimum Gasteiger partial charge on any atom is -0.456 e. The monoisotopic (exact) mass is 590 g/mol. The Bertz CT molecular complexity index is 914. The molecule has 0 aromatic heterocycles. The van der Waals surface area contributed by atoms with Gasteiger partial charge in [-0.3, -0.25) is 19.2 Å². The predicted molar refractivity (Wildman–Crippen MR) is 148 cm³/mol. The number of nitrogens with zero attached hydrogens (tertiary/aromatic N) is 2. The highest BCUT2D eigenvalue weighted by Gasteiger charge is 2.52. The van der Waals surface area contributed by atoms with Crippen LogP contribution in [-0.2, 0) is 44.6 Å². The number of rotatable bonds is 15. The number of unbranched alkanes of at least 4 members (excludes halogenated alkanes) is 1. The minimum absolute atomic E-state index is 0.452. The molecule has 1 aromatic rings. The van der Waals surface area contributed by atoms with Crippen LogP contribution in [0.2, 0.25) is 0 Å². The summed E-state index contributed by atoms with van der Waals surface area (Å²) in [7, 11) is 1.49. The van der Waals surface area contributed by atoms with E-state index in [-0.39, 0.29) is 0 Å². The van der Waals surface area contributed by atoms with Crippen LogP contribution in [0.3, 0.4) is 0 Å². The van der Waals surface area contributed by atoms with Gasteiger partial charge in [0, 0.05) is 57.9 Å². The fourth-order valence-corrected chi connectivity index (χ4v) is 4.99. The zero-order chi connectivity index (χ0) is 28.9. The van der Waals surface area contributed by atoms with Crippen molar-refractivity contribution in [1.29, 1.82) is 0 Å². The number of hydrogen-bond acceptors (Lipinski definition) is 10. The molecule has 1 aromatic carbocycles. The van der Waals surface area contributed by atoms with E-state index in [2.05, 4.69) is 29.2 Å².